The van der Waals surface area contributed by atoms with E-state index in [0.717, 1.165) is 16.7 Å². The van der Waals surface area contributed by atoms with E-state index in [1.54, 1.807) is 4.90 Å². The van der Waals surface area contributed by atoms with Gasteiger partial charge in [-0.1, -0.05) is 23.8 Å². The molecule has 1 saturated heterocycles. The van der Waals surface area contributed by atoms with Crippen LogP contribution in [0.15, 0.2) is 42.5 Å². The second kappa shape index (κ2) is 7.68. The van der Waals surface area contributed by atoms with Crippen molar-refractivity contribution in [1.29, 1.82) is 0 Å². The Morgan fingerprint density at radius 2 is 1.54 bits per heavy atom. The third kappa shape index (κ3) is 4.10. The summed E-state index contributed by atoms with van der Waals surface area (Å²) in [5, 5.41) is 0. The minimum Gasteiger partial charge on any atom is -0.339 e. The fraction of sp³-hybridized carbons (Fsp3) is 0.333. The summed E-state index contributed by atoms with van der Waals surface area (Å²) in [6.45, 7) is 6.07. The molecule has 3 rings (SSSR count). The van der Waals surface area contributed by atoms with Crippen molar-refractivity contribution in [3.8, 4) is 0 Å². The zero-order valence-corrected chi connectivity index (χ0v) is 15.2. The number of carbonyl (C=O) groups is 2. The zero-order chi connectivity index (χ0) is 18.7. The van der Waals surface area contributed by atoms with Crippen molar-refractivity contribution < 1.29 is 14.0 Å². The van der Waals surface area contributed by atoms with Gasteiger partial charge in [-0.25, -0.2) is 4.39 Å². The predicted molar refractivity (Wildman–Crippen MR) is 98.5 cm³/mol. The second-order valence-corrected chi connectivity index (χ2v) is 6.79. The summed E-state index contributed by atoms with van der Waals surface area (Å²) < 4.78 is 13.0. The summed E-state index contributed by atoms with van der Waals surface area (Å²) in [6, 6.07) is 11.7. The van der Waals surface area contributed by atoms with E-state index in [1.165, 1.54) is 24.3 Å². The summed E-state index contributed by atoms with van der Waals surface area (Å²) in [5.74, 6) is -0.386. The van der Waals surface area contributed by atoms with Crippen LogP contribution in [0.4, 0.5) is 4.39 Å². The van der Waals surface area contributed by atoms with Gasteiger partial charge in [-0.05, 0) is 49.2 Å². The van der Waals surface area contributed by atoms with Crippen molar-refractivity contribution in [2.24, 2.45) is 0 Å². The smallest absolute Gasteiger partial charge is 0.253 e. The van der Waals surface area contributed by atoms with Gasteiger partial charge >= 0.3 is 0 Å². The molecule has 0 saturated carbocycles. The highest BCUT2D eigenvalue weighted by molar-refractivity contribution is 5.94. The van der Waals surface area contributed by atoms with Crippen molar-refractivity contribution in [3.05, 3.63) is 70.5 Å². The normalized spacial score (nSPS) is 14.4. The second-order valence-electron chi connectivity index (χ2n) is 6.79. The fourth-order valence-corrected chi connectivity index (χ4v) is 3.20. The molecule has 0 radical (unpaired) electrons. The molecule has 2 amide bonds. The van der Waals surface area contributed by atoms with E-state index in [0.29, 0.717) is 38.2 Å². The average molecular weight is 354 g/mol. The van der Waals surface area contributed by atoms with Crippen LogP contribution >= 0.6 is 0 Å². The van der Waals surface area contributed by atoms with Gasteiger partial charge in [-0.2, -0.15) is 0 Å². The van der Waals surface area contributed by atoms with Crippen molar-refractivity contribution in [2.45, 2.75) is 20.3 Å². The van der Waals surface area contributed by atoms with Gasteiger partial charge in [0.1, 0.15) is 5.82 Å². The van der Waals surface area contributed by atoms with Crippen molar-refractivity contribution in [2.75, 3.05) is 26.2 Å². The third-order valence-electron chi connectivity index (χ3n) is 4.86. The molecular weight excluding hydrogens is 331 g/mol. The Bertz CT molecular complexity index is 809. The summed E-state index contributed by atoms with van der Waals surface area (Å²) in [7, 11) is 0. The molecule has 2 aromatic rings. The van der Waals surface area contributed by atoms with E-state index in [4.69, 9.17) is 0 Å². The predicted octanol–water partition coefficient (Wildman–Crippen LogP) is 2.97. The first-order valence-corrected chi connectivity index (χ1v) is 8.83. The molecule has 2 aromatic carbocycles. The highest BCUT2D eigenvalue weighted by atomic mass is 19.1. The molecule has 0 unspecified atom stereocenters. The number of nitrogens with zero attached hydrogens (tertiary/aromatic N) is 2. The molecule has 4 nitrogen and oxygen atoms in total. The third-order valence-corrected chi connectivity index (χ3v) is 4.86. The molecule has 1 aliphatic heterocycles. The molecule has 0 N–H and O–H groups in total. The molecule has 0 aliphatic carbocycles. The van der Waals surface area contributed by atoms with E-state index < -0.39 is 0 Å². The number of hydrogen-bond donors (Lipinski definition) is 0. The first kappa shape index (κ1) is 18.1. The molecule has 1 fully saturated rings. The van der Waals surface area contributed by atoms with Crippen LogP contribution in [0, 0.1) is 19.7 Å². The van der Waals surface area contributed by atoms with Gasteiger partial charge in [0.05, 0.1) is 6.42 Å². The lowest BCUT2D eigenvalue weighted by molar-refractivity contribution is -0.131. The lowest BCUT2D eigenvalue weighted by atomic mass is 10.0. The minimum atomic E-state index is -0.358. The Balaban J connectivity index is 1.57. The maximum Gasteiger partial charge on any atom is 0.253 e. The average Bonchev–Trinajstić information content (AvgIpc) is 2.65. The lowest BCUT2D eigenvalue weighted by Gasteiger charge is -2.35. The van der Waals surface area contributed by atoms with Crippen LogP contribution in [0.3, 0.4) is 0 Å². The molecule has 0 spiro atoms. The van der Waals surface area contributed by atoms with Crippen LogP contribution < -0.4 is 0 Å². The number of halogens is 1. The maximum absolute atomic E-state index is 13.0. The molecule has 26 heavy (non-hydrogen) atoms. The van der Waals surface area contributed by atoms with Crippen LogP contribution in [-0.2, 0) is 11.2 Å². The van der Waals surface area contributed by atoms with Crippen LogP contribution in [0.25, 0.3) is 0 Å². The van der Waals surface area contributed by atoms with E-state index >= 15 is 0 Å². The largest absolute Gasteiger partial charge is 0.339 e. The standard InChI is InChI=1S/C21H23FN2O2/c1-15-3-4-16(2)18(13-15)14-20(25)23-9-11-24(12-10-23)21(26)17-5-7-19(22)8-6-17/h3-8,13H,9-12,14H2,1-2H3. The Kier molecular flexibility index (Phi) is 5.35. The minimum absolute atomic E-state index is 0.0904. The topological polar surface area (TPSA) is 40.6 Å². The first-order chi connectivity index (χ1) is 12.4. The molecule has 1 heterocycles. The van der Waals surface area contributed by atoms with Crippen LogP contribution in [0.1, 0.15) is 27.0 Å². The van der Waals surface area contributed by atoms with Gasteiger partial charge in [-0.3, -0.25) is 9.59 Å². The molecule has 0 atom stereocenters. The number of benzene rings is 2. The molecule has 5 heteroatoms. The first-order valence-electron chi connectivity index (χ1n) is 8.83. The van der Waals surface area contributed by atoms with Gasteiger partial charge < -0.3 is 9.80 Å². The maximum atomic E-state index is 13.0. The van der Waals surface area contributed by atoms with Gasteiger partial charge in [0, 0.05) is 31.7 Å². The van der Waals surface area contributed by atoms with Gasteiger partial charge in [0.25, 0.3) is 5.91 Å². The quantitative estimate of drug-likeness (QED) is 0.850. The molecule has 1 aliphatic rings. The number of aryl methyl sites for hydroxylation is 2. The summed E-state index contributed by atoms with van der Waals surface area (Å²) >= 11 is 0. The van der Waals surface area contributed by atoms with Gasteiger partial charge in [-0.15, -0.1) is 0 Å². The monoisotopic (exact) mass is 354 g/mol. The Morgan fingerprint density at radius 3 is 2.19 bits per heavy atom. The molecular formula is C21H23FN2O2. The fourth-order valence-electron chi connectivity index (χ4n) is 3.20. The van der Waals surface area contributed by atoms with E-state index in [1.807, 2.05) is 30.9 Å². The number of carbonyl (C=O) groups excluding carboxylic acids is 2. The summed E-state index contributed by atoms with van der Waals surface area (Å²) in [5.41, 5.74) is 3.79. The molecule has 136 valence electrons. The number of amides is 2. The van der Waals surface area contributed by atoms with Crippen molar-refractivity contribution >= 4 is 11.8 Å². The van der Waals surface area contributed by atoms with Crippen LogP contribution in [-0.4, -0.2) is 47.8 Å². The van der Waals surface area contributed by atoms with Crippen LogP contribution in [0.5, 0.6) is 0 Å². The van der Waals surface area contributed by atoms with Crippen molar-refractivity contribution in [3.63, 3.8) is 0 Å². The zero-order valence-electron chi connectivity index (χ0n) is 15.2. The molecule has 0 bridgehead atoms. The van der Waals surface area contributed by atoms with E-state index in [2.05, 4.69) is 6.07 Å². The van der Waals surface area contributed by atoms with E-state index in [-0.39, 0.29) is 17.6 Å². The highest BCUT2D eigenvalue weighted by Crippen LogP contribution is 2.14. The number of hydrogen-bond acceptors (Lipinski definition) is 2. The van der Waals surface area contributed by atoms with E-state index in [9.17, 15) is 14.0 Å². The van der Waals surface area contributed by atoms with Gasteiger partial charge in [0.15, 0.2) is 0 Å². The highest BCUT2D eigenvalue weighted by Gasteiger charge is 2.25. The number of rotatable bonds is 3. The summed E-state index contributed by atoms with van der Waals surface area (Å²) in [6.07, 6.45) is 0.388. The lowest BCUT2D eigenvalue weighted by Crippen LogP contribution is -2.51. The van der Waals surface area contributed by atoms with Gasteiger partial charge in [0.2, 0.25) is 5.91 Å². The SMILES string of the molecule is Cc1ccc(C)c(CC(=O)N2CCN(C(=O)c3ccc(F)cc3)CC2)c1. The molecule has 0 aromatic heterocycles. The number of piperazine rings is 1. The van der Waals surface area contributed by atoms with Crippen LogP contribution in [0.2, 0.25) is 0 Å². The Hall–Kier alpha value is -2.69. The van der Waals surface area contributed by atoms with Crippen molar-refractivity contribution in [1.82, 2.24) is 9.80 Å². The Morgan fingerprint density at radius 1 is 0.923 bits per heavy atom. The summed E-state index contributed by atoms with van der Waals surface area (Å²) in [4.78, 5) is 28.6. The Labute approximate surface area is 153 Å².